The third-order valence-corrected chi connectivity index (χ3v) is 4.92. The summed E-state index contributed by atoms with van der Waals surface area (Å²) in [6.07, 6.45) is 3.58. The Bertz CT molecular complexity index is 787. The molecule has 1 aromatic heterocycles. The number of nitrogens with zero attached hydrogens (tertiary/aromatic N) is 2. The fraction of sp³-hybridized carbons (Fsp3) is 0.429. The largest absolute Gasteiger partial charge is 0.493 e. The topological polar surface area (TPSA) is 89.7 Å². The van der Waals surface area contributed by atoms with E-state index in [2.05, 4.69) is 27.3 Å². The molecule has 0 atom stereocenters. The molecule has 28 heavy (non-hydrogen) atoms. The number of pyridine rings is 1. The summed E-state index contributed by atoms with van der Waals surface area (Å²) in [6, 6.07) is 10.0. The number of ether oxygens (including phenoxy) is 2. The first kappa shape index (κ1) is 19.9. The first-order valence-electron chi connectivity index (χ1n) is 9.63. The molecule has 1 amide bonds. The number of amides is 1. The lowest BCUT2D eigenvalue weighted by Gasteiger charge is -2.32. The van der Waals surface area contributed by atoms with Gasteiger partial charge in [0.2, 0.25) is 5.91 Å². The van der Waals surface area contributed by atoms with Crippen LogP contribution in [0.25, 0.3) is 0 Å². The van der Waals surface area contributed by atoms with Crippen molar-refractivity contribution >= 4 is 11.7 Å². The molecular formula is C21H28N4O3. The molecular weight excluding hydrogens is 356 g/mol. The quantitative estimate of drug-likeness (QED) is 0.727. The lowest BCUT2D eigenvalue weighted by molar-refractivity contribution is 0.1000. The smallest absolute Gasteiger partial charge is 0.250 e. The molecule has 1 aromatic carbocycles. The normalized spacial score (nSPS) is 15.2. The summed E-state index contributed by atoms with van der Waals surface area (Å²) < 4.78 is 11.0. The van der Waals surface area contributed by atoms with E-state index < -0.39 is 5.91 Å². The van der Waals surface area contributed by atoms with Crippen LogP contribution in [0.15, 0.2) is 36.5 Å². The number of methoxy groups -OCH3 is 1. The van der Waals surface area contributed by atoms with Crippen molar-refractivity contribution in [3.8, 4) is 11.5 Å². The highest BCUT2D eigenvalue weighted by Gasteiger charge is 2.20. The number of nitrogens with two attached hydrogens (primary N) is 1. The average molecular weight is 384 g/mol. The van der Waals surface area contributed by atoms with Crippen LogP contribution in [0, 0.1) is 0 Å². The highest BCUT2D eigenvalue weighted by molar-refractivity contribution is 5.92. The molecule has 1 aliphatic heterocycles. The molecule has 1 aliphatic rings. The Morgan fingerprint density at radius 2 is 2.04 bits per heavy atom. The minimum absolute atomic E-state index is 0.373. The van der Waals surface area contributed by atoms with Crippen molar-refractivity contribution in [2.24, 2.45) is 5.73 Å². The number of rotatable bonds is 8. The highest BCUT2D eigenvalue weighted by atomic mass is 16.5. The maximum Gasteiger partial charge on any atom is 0.250 e. The number of carbonyl (C=O) groups is 1. The zero-order chi connectivity index (χ0) is 19.9. The van der Waals surface area contributed by atoms with E-state index in [4.69, 9.17) is 15.2 Å². The molecule has 150 valence electrons. The second-order valence-corrected chi connectivity index (χ2v) is 6.91. The number of anilines is 1. The average Bonchev–Trinajstić information content (AvgIpc) is 2.70. The second-order valence-electron chi connectivity index (χ2n) is 6.91. The predicted octanol–water partition coefficient (Wildman–Crippen LogP) is 2.66. The van der Waals surface area contributed by atoms with E-state index in [0.717, 1.165) is 49.8 Å². The molecule has 0 bridgehead atoms. The molecule has 3 rings (SSSR count). The number of likely N-dealkylation sites (tertiary alicyclic amines) is 1. The number of hydrogen-bond acceptors (Lipinski definition) is 6. The van der Waals surface area contributed by atoms with Crippen LogP contribution in [0.3, 0.4) is 0 Å². The standard InChI is InChI=1S/C21H28N4O3/c1-3-28-19-12-15(4-6-18(19)27-2)14-25-10-8-17(9-11-25)24-20-7-5-16(13-23-20)21(22)26/h4-7,12-13,17H,3,8-11,14H2,1-2H3,(H2,22,26)(H,23,24). The van der Waals surface area contributed by atoms with Gasteiger partial charge in [-0.25, -0.2) is 4.98 Å². The minimum Gasteiger partial charge on any atom is -0.493 e. The molecule has 0 unspecified atom stereocenters. The number of aromatic nitrogens is 1. The van der Waals surface area contributed by atoms with Crippen LogP contribution in [0.1, 0.15) is 35.7 Å². The summed E-state index contributed by atoms with van der Waals surface area (Å²) in [7, 11) is 1.66. The zero-order valence-electron chi connectivity index (χ0n) is 16.5. The van der Waals surface area contributed by atoms with Crippen molar-refractivity contribution < 1.29 is 14.3 Å². The minimum atomic E-state index is -0.460. The molecule has 3 N–H and O–H groups in total. The Hall–Kier alpha value is -2.80. The van der Waals surface area contributed by atoms with E-state index in [1.165, 1.54) is 11.8 Å². The predicted molar refractivity (Wildman–Crippen MR) is 109 cm³/mol. The fourth-order valence-electron chi connectivity index (χ4n) is 3.42. The van der Waals surface area contributed by atoms with Crippen LogP contribution < -0.4 is 20.5 Å². The van der Waals surface area contributed by atoms with Gasteiger partial charge < -0.3 is 20.5 Å². The third-order valence-electron chi connectivity index (χ3n) is 4.92. The van der Waals surface area contributed by atoms with Crippen molar-refractivity contribution in [3.05, 3.63) is 47.7 Å². The second kappa shape index (κ2) is 9.41. The number of benzene rings is 1. The van der Waals surface area contributed by atoms with Gasteiger partial charge in [0.15, 0.2) is 11.5 Å². The number of nitrogens with one attached hydrogen (secondary N) is 1. The van der Waals surface area contributed by atoms with Gasteiger partial charge in [-0.3, -0.25) is 9.69 Å². The maximum atomic E-state index is 11.1. The summed E-state index contributed by atoms with van der Waals surface area (Å²) in [5.41, 5.74) is 6.89. The lowest BCUT2D eigenvalue weighted by atomic mass is 10.0. The van der Waals surface area contributed by atoms with E-state index in [-0.39, 0.29) is 0 Å². The molecule has 0 radical (unpaired) electrons. The van der Waals surface area contributed by atoms with Crippen molar-refractivity contribution in [2.75, 3.05) is 32.1 Å². The molecule has 2 aromatic rings. The van der Waals surface area contributed by atoms with Gasteiger partial charge in [0.25, 0.3) is 0 Å². The zero-order valence-corrected chi connectivity index (χ0v) is 16.5. The SMILES string of the molecule is CCOc1cc(CN2CCC(Nc3ccc(C(N)=O)cn3)CC2)ccc1OC. The molecule has 7 nitrogen and oxygen atoms in total. The molecule has 0 saturated carbocycles. The van der Waals surface area contributed by atoms with Crippen molar-refractivity contribution in [3.63, 3.8) is 0 Å². The summed E-state index contributed by atoms with van der Waals surface area (Å²) in [4.78, 5) is 17.8. The number of piperidine rings is 1. The van der Waals surface area contributed by atoms with Crippen LogP contribution in [0.4, 0.5) is 5.82 Å². The van der Waals surface area contributed by atoms with Gasteiger partial charge >= 0.3 is 0 Å². The van der Waals surface area contributed by atoms with Crippen molar-refractivity contribution in [1.82, 2.24) is 9.88 Å². The van der Waals surface area contributed by atoms with Gasteiger partial charge in [0.05, 0.1) is 19.3 Å². The molecule has 0 spiro atoms. The third kappa shape index (κ3) is 5.13. The van der Waals surface area contributed by atoms with Gasteiger partial charge in [0.1, 0.15) is 5.82 Å². The number of carbonyl (C=O) groups excluding carboxylic acids is 1. The van der Waals surface area contributed by atoms with Crippen molar-refractivity contribution in [2.45, 2.75) is 32.4 Å². The fourth-order valence-corrected chi connectivity index (χ4v) is 3.42. The Morgan fingerprint density at radius 1 is 1.25 bits per heavy atom. The summed E-state index contributed by atoms with van der Waals surface area (Å²) in [6.45, 7) is 5.49. The summed E-state index contributed by atoms with van der Waals surface area (Å²) >= 11 is 0. The Labute approximate surface area is 165 Å². The van der Waals surface area contributed by atoms with Crippen molar-refractivity contribution in [1.29, 1.82) is 0 Å². The monoisotopic (exact) mass is 384 g/mol. The highest BCUT2D eigenvalue weighted by Crippen LogP contribution is 2.29. The first-order valence-corrected chi connectivity index (χ1v) is 9.63. The molecule has 7 heteroatoms. The lowest BCUT2D eigenvalue weighted by Crippen LogP contribution is -2.38. The van der Waals surface area contributed by atoms with Crippen LogP contribution in [0.2, 0.25) is 0 Å². The Kier molecular flexibility index (Phi) is 6.71. The molecule has 0 aliphatic carbocycles. The summed E-state index contributed by atoms with van der Waals surface area (Å²) in [5, 5.41) is 3.45. The number of hydrogen-bond donors (Lipinski definition) is 2. The van der Waals surface area contributed by atoms with E-state index >= 15 is 0 Å². The van der Waals surface area contributed by atoms with Crippen LogP contribution >= 0.6 is 0 Å². The van der Waals surface area contributed by atoms with E-state index in [0.29, 0.717) is 18.2 Å². The molecule has 1 saturated heterocycles. The molecule has 1 fully saturated rings. The maximum absolute atomic E-state index is 11.1. The van der Waals surface area contributed by atoms with E-state index in [1.807, 2.05) is 13.0 Å². The van der Waals surface area contributed by atoms with Gasteiger partial charge in [-0.15, -0.1) is 0 Å². The number of primary amides is 1. The van der Waals surface area contributed by atoms with Gasteiger partial charge in [-0.1, -0.05) is 6.07 Å². The van der Waals surface area contributed by atoms with Gasteiger partial charge in [-0.05, 0) is 49.6 Å². The van der Waals surface area contributed by atoms with Gasteiger partial charge in [0, 0.05) is 31.9 Å². The Balaban J connectivity index is 1.51. The van der Waals surface area contributed by atoms with Crippen LogP contribution in [0.5, 0.6) is 11.5 Å². The first-order chi connectivity index (χ1) is 13.6. The summed E-state index contributed by atoms with van der Waals surface area (Å²) in [5.74, 6) is 1.88. The Morgan fingerprint density at radius 3 is 2.64 bits per heavy atom. The van der Waals surface area contributed by atoms with Crippen LogP contribution in [-0.2, 0) is 6.54 Å². The van der Waals surface area contributed by atoms with E-state index in [9.17, 15) is 4.79 Å². The molecule has 2 heterocycles. The van der Waals surface area contributed by atoms with Crippen LogP contribution in [-0.4, -0.2) is 48.6 Å². The van der Waals surface area contributed by atoms with E-state index in [1.54, 1.807) is 19.2 Å². The van der Waals surface area contributed by atoms with Gasteiger partial charge in [-0.2, -0.15) is 0 Å².